The third kappa shape index (κ3) is 5.28. The molecule has 5 rings (SSSR count). The predicted molar refractivity (Wildman–Crippen MR) is 147 cm³/mol. The van der Waals surface area contributed by atoms with Gasteiger partial charge in [-0.15, -0.1) is 0 Å². The van der Waals surface area contributed by atoms with E-state index in [0.717, 1.165) is 43.0 Å². The number of likely N-dealkylation sites (N-methyl/N-ethyl adjacent to an activating group) is 1. The molecule has 2 atom stereocenters. The van der Waals surface area contributed by atoms with Gasteiger partial charge < -0.3 is 24.3 Å². The first-order chi connectivity index (χ1) is 18.4. The highest BCUT2D eigenvalue weighted by Gasteiger charge is 2.33. The second-order valence-corrected chi connectivity index (χ2v) is 10.9. The number of piperazine rings is 1. The Balaban J connectivity index is 1.46. The minimum atomic E-state index is -0.150. The summed E-state index contributed by atoms with van der Waals surface area (Å²) < 4.78 is 6.25. The van der Waals surface area contributed by atoms with Crippen LogP contribution in [0.25, 0.3) is 0 Å². The number of carbonyl (C=O) groups is 1. The number of aromatic nitrogens is 2. The van der Waals surface area contributed by atoms with E-state index in [1.807, 2.05) is 4.90 Å². The molecule has 9 nitrogen and oxygen atoms in total. The van der Waals surface area contributed by atoms with Crippen LogP contribution in [0.5, 0.6) is 6.01 Å². The summed E-state index contributed by atoms with van der Waals surface area (Å²) >= 11 is 0. The summed E-state index contributed by atoms with van der Waals surface area (Å²) in [5.74, 6) is 0.917. The molecular formula is C29H39N7O2. The van der Waals surface area contributed by atoms with E-state index in [1.54, 1.807) is 6.92 Å². The molecule has 0 aliphatic carbocycles. The molecule has 4 heterocycles. The zero-order chi connectivity index (χ0) is 26.8. The van der Waals surface area contributed by atoms with E-state index in [0.29, 0.717) is 51.3 Å². The second-order valence-electron chi connectivity index (χ2n) is 10.9. The van der Waals surface area contributed by atoms with Gasteiger partial charge in [0.05, 0.1) is 30.8 Å². The minimum Gasteiger partial charge on any atom is -0.462 e. The van der Waals surface area contributed by atoms with E-state index in [-0.39, 0.29) is 11.9 Å². The minimum absolute atomic E-state index is 0.0171. The number of carbonyl (C=O) groups excluding carboxylic acids is 1. The number of hydrogen-bond donors (Lipinski definition) is 0. The van der Waals surface area contributed by atoms with Gasteiger partial charge in [-0.2, -0.15) is 15.2 Å². The Kier molecular flexibility index (Phi) is 7.70. The van der Waals surface area contributed by atoms with Crippen LogP contribution < -0.4 is 14.5 Å². The number of hydrogen-bond acceptors (Lipinski definition) is 8. The van der Waals surface area contributed by atoms with Gasteiger partial charge in [0, 0.05) is 50.4 Å². The van der Waals surface area contributed by atoms with Crippen LogP contribution in [0.1, 0.15) is 48.6 Å². The van der Waals surface area contributed by atoms with Gasteiger partial charge in [-0.25, -0.2) is 0 Å². The molecule has 0 radical (unpaired) electrons. The van der Waals surface area contributed by atoms with E-state index in [1.165, 1.54) is 23.2 Å². The monoisotopic (exact) mass is 517 g/mol. The average Bonchev–Trinajstić information content (AvgIpc) is 3.32. The standard InChI is InChI=1S/C29H39N7O2/c1-20-7-5-9-27(21(20)2)34-14-11-25-26(18-34)31-29(38-19-24-8-6-13-33(24)4)32-28(25)35-15-16-36(22(3)37)23(17-35)10-12-30/h5,7,9,23-24H,6,8,10-11,13-19H2,1-4H3/t23?,24-/m0/s1. The van der Waals surface area contributed by atoms with Gasteiger partial charge in [-0.3, -0.25) is 4.79 Å². The smallest absolute Gasteiger partial charge is 0.318 e. The first-order valence-corrected chi connectivity index (χ1v) is 13.8. The summed E-state index contributed by atoms with van der Waals surface area (Å²) in [4.78, 5) is 30.9. The summed E-state index contributed by atoms with van der Waals surface area (Å²) in [6, 6.07) is 9.39. The van der Waals surface area contributed by atoms with Crippen LogP contribution in [0.3, 0.4) is 0 Å². The van der Waals surface area contributed by atoms with Crippen molar-refractivity contribution in [3.63, 3.8) is 0 Å². The molecule has 2 fully saturated rings. The summed E-state index contributed by atoms with van der Waals surface area (Å²) in [5, 5.41) is 9.42. The van der Waals surface area contributed by atoms with E-state index in [4.69, 9.17) is 14.7 Å². The summed E-state index contributed by atoms with van der Waals surface area (Å²) in [7, 11) is 2.14. The van der Waals surface area contributed by atoms with Crippen molar-refractivity contribution >= 4 is 17.4 Å². The van der Waals surface area contributed by atoms with E-state index in [9.17, 15) is 10.1 Å². The maximum absolute atomic E-state index is 12.2. The number of amides is 1. The Labute approximate surface area is 226 Å². The molecule has 1 aromatic carbocycles. The fraction of sp³-hybridized carbons (Fsp3) is 0.586. The molecule has 38 heavy (non-hydrogen) atoms. The van der Waals surface area contributed by atoms with E-state index < -0.39 is 0 Å². The van der Waals surface area contributed by atoms with Crippen molar-refractivity contribution in [1.82, 2.24) is 19.8 Å². The normalized spacial score (nSPS) is 21.8. The lowest BCUT2D eigenvalue weighted by Gasteiger charge is -2.42. The Bertz CT molecular complexity index is 1230. The van der Waals surface area contributed by atoms with Gasteiger partial charge in [0.15, 0.2) is 0 Å². The number of ether oxygens (including phenoxy) is 1. The lowest BCUT2D eigenvalue weighted by molar-refractivity contribution is -0.131. The maximum atomic E-state index is 12.2. The van der Waals surface area contributed by atoms with Crippen molar-refractivity contribution < 1.29 is 9.53 Å². The summed E-state index contributed by atoms with van der Waals surface area (Å²) in [6.07, 6.45) is 3.45. The van der Waals surface area contributed by atoms with Gasteiger partial charge in [0.1, 0.15) is 12.4 Å². The number of fused-ring (bicyclic) bond motifs is 1. The zero-order valence-electron chi connectivity index (χ0n) is 23.1. The quantitative estimate of drug-likeness (QED) is 0.578. The third-order valence-electron chi connectivity index (χ3n) is 8.53. The molecule has 0 saturated carbocycles. The van der Waals surface area contributed by atoms with E-state index in [2.05, 4.69) is 59.9 Å². The van der Waals surface area contributed by atoms with Crippen LogP contribution in [0.15, 0.2) is 18.2 Å². The number of aryl methyl sites for hydroxylation is 1. The van der Waals surface area contributed by atoms with Crippen molar-refractivity contribution in [2.24, 2.45) is 0 Å². The number of rotatable bonds is 6. The van der Waals surface area contributed by atoms with E-state index >= 15 is 0 Å². The Hall–Kier alpha value is -3.38. The molecular weight excluding hydrogens is 478 g/mol. The third-order valence-corrected chi connectivity index (χ3v) is 8.53. The van der Waals surface area contributed by atoms with Crippen molar-refractivity contribution in [2.45, 2.75) is 65.1 Å². The molecule has 1 unspecified atom stereocenters. The molecule has 3 aliphatic heterocycles. The second kappa shape index (κ2) is 11.2. The Morgan fingerprint density at radius 3 is 2.71 bits per heavy atom. The molecule has 2 saturated heterocycles. The zero-order valence-corrected chi connectivity index (χ0v) is 23.1. The van der Waals surface area contributed by atoms with Crippen LogP contribution in [-0.2, 0) is 17.8 Å². The van der Waals surface area contributed by atoms with Gasteiger partial charge in [0.2, 0.25) is 5.91 Å². The number of nitriles is 1. The maximum Gasteiger partial charge on any atom is 0.318 e. The van der Waals surface area contributed by atoms with Crippen LogP contribution in [0.4, 0.5) is 11.5 Å². The lowest BCUT2D eigenvalue weighted by Crippen LogP contribution is -2.55. The molecule has 1 aromatic heterocycles. The molecule has 1 amide bonds. The lowest BCUT2D eigenvalue weighted by atomic mass is 10.0. The Morgan fingerprint density at radius 2 is 1.97 bits per heavy atom. The molecule has 2 aromatic rings. The average molecular weight is 518 g/mol. The van der Waals surface area contributed by atoms with Crippen LogP contribution in [-0.4, -0.2) is 84.1 Å². The topological polar surface area (TPSA) is 88.8 Å². The first kappa shape index (κ1) is 26.2. The molecule has 202 valence electrons. The summed E-state index contributed by atoms with van der Waals surface area (Å²) in [6.45, 7) is 11.0. The Morgan fingerprint density at radius 1 is 1.13 bits per heavy atom. The molecule has 0 spiro atoms. The fourth-order valence-corrected chi connectivity index (χ4v) is 6.10. The highest BCUT2D eigenvalue weighted by atomic mass is 16.5. The van der Waals surface area contributed by atoms with Crippen LogP contribution in [0.2, 0.25) is 0 Å². The number of likely N-dealkylation sites (tertiary alicyclic amines) is 1. The van der Waals surface area contributed by atoms with Crippen LogP contribution >= 0.6 is 0 Å². The number of anilines is 2. The van der Waals surface area contributed by atoms with Crippen molar-refractivity contribution in [3.05, 3.63) is 40.6 Å². The first-order valence-electron chi connectivity index (χ1n) is 13.8. The van der Waals surface area contributed by atoms with Gasteiger partial charge in [-0.05, 0) is 63.9 Å². The van der Waals surface area contributed by atoms with Gasteiger partial charge >= 0.3 is 6.01 Å². The van der Waals surface area contributed by atoms with Crippen LogP contribution in [0, 0.1) is 25.2 Å². The van der Waals surface area contributed by atoms with Gasteiger partial charge in [0.25, 0.3) is 0 Å². The molecule has 9 heteroatoms. The molecule has 0 bridgehead atoms. The SMILES string of the molecule is CC(=O)N1CCN(c2nc(OC[C@@H]3CCCN3C)nc3c2CCN(c2cccc(C)c2C)C3)CC1CC#N. The highest BCUT2D eigenvalue weighted by Crippen LogP contribution is 2.34. The predicted octanol–water partition coefficient (Wildman–Crippen LogP) is 3.08. The fourth-order valence-electron chi connectivity index (χ4n) is 6.10. The molecule has 3 aliphatic rings. The van der Waals surface area contributed by atoms with Crippen molar-refractivity contribution in [3.8, 4) is 12.1 Å². The van der Waals surface area contributed by atoms with Gasteiger partial charge in [-0.1, -0.05) is 12.1 Å². The van der Waals surface area contributed by atoms with Crippen molar-refractivity contribution in [2.75, 3.05) is 56.2 Å². The largest absolute Gasteiger partial charge is 0.462 e. The van der Waals surface area contributed by atoms with Crippen molar-refractivity contribution in [1.29, 1.82) is 5.26 Å². The highest BCUT2D eigenvalue weighted by molar-refractivity contribution is 5.74. The molecule has 0 N–H and O–H groups in total. The number of nitrogens with zero attached hydrogens (tertiary/aromatic N) is 7. The number of benzene rings is 1. The summed E-state index contributed by atoms with van der Waals surface area (Å²) in [5.41, 5.74) is 5.99.